The molecule has 1 aliphatic carbocycles. The van der Waals surface area contributed by atoms with Gasteiger partial charge in [0.15, 0.2) is 0 Å². The normalized spacial score (nSPS) is 20.4. The fourth-order valence-electron chi connectivity index (χ4n) is 3.20. The lowest BCUT2D eigenvalue weighted by Crippen LogP contribution is -3.00. The summed E-state index contributed by atoms with van der Waals surface area (Å²) >= 11 is 1.90. The van der Waals surface area contributed by atoms with Gasteiger partial charge >= 0.3 is 0 Å². The third-order valence-electron chi connectivity index (χ3n) is 3.95. The number of aryl methyl sites for hydroxylation is 1. The largest absolute Gasteiger partial charge is 1.00 e. The molecular weight excluding hydrogens is 389 g/mol. The van der Waals surface area contributed by atoms with Gasteiger partial charge in [0.2, 0.25) is 5.52 Å². The molecular formula is C18H22INS. The summed E-state index contributed by atoms with van der Waals surface area (Å²) in [6.07, 6.45) is 7.23. The molecule has 3 heteroatoms. The quantitative estimate of drug-likeness (QED) is 0.526. The topological polar surface area (TPSA) is 3.88 Å². The maximum Gasteiger partial charge on any atom is 0.263 e. The molecule has 1 aromatic heterocycles. The third-order valence-corrected chi connectivity index (χ3v) is 5.06. The number of nitrogens with zero attached hydrogens (tertiary/aromatic N) is 1. The van der Waals surface area contributed by atoms with Crippen LogP contribution in [0, 0.1) is 5.92 Å². The van der Waals surface area contributed by atoms with Gasteiger partial charge in [0.1, 0.15) is 11.2 Å². The molecule has 2 aromatic rings. The van der Waals surface area contributed by atoms with Crippen molar-refractivity contribution in [2.24, 2.45) is 5.92 Å². The highest BCUT2D eigenvalue weighted by atomic mass is 127. The van der Waals surface area contributed by atoms with E-state index in [4.69, 9.17) is 0 Å². The van der Waals surface area contributed by atoms with Crippen molar-refractivity contribution < 1.29 is 28.5 Å². The molecule has 1 nitrogen and oxygen atoms in total. The molecule has 112 valence electrons. The van der Waals surface area contributed by atoms with Crippen LogP contribution >= 0.6 is 11.3 Å². The zero-order chi connectivity index (χ0) is 14.1. The molecule has 1 atom stereocenters. The standard InChI is InChI=1S/C18H22NS.HI/c1-4-19-16-7-5-6-8-17(16)20-18(19)12-15-10-13(2)9-14(3)11-15;/h5-8,10,12,14H,4,9,11H2,1-3H3;1H/q+1;/p-1/b15-12-;. The van der Waals surface area contributed by atoms with E-state index in [1.807, 2.05) is 11.3 Å². The van der Waals surface area contributed by atoms with Gasteiger partial charge in [-0.15, -0.1) is 0 Å². The van der Waals surface area contributed by atoms with Crippen molar-refractivity contribution in [1.82, 2.24) is 0 Å². The Labute approximate surface area is 148 Å². The first-order valence-corrected chi connectivity index (χ1v) is 8.28. The summed E-state index contributed by atoms with van der Waals surface area (Å²) in [5.74, 6) is 0.774. The minimum absolute atomic E-state index is 0. The lowest BCUT2D eigenvalue weighted by Gasteiger charge is -2.18. The van der Waals surface area contributed by atoms with Crippen LogP contribution in [0.1, 0.15) is 38.6 Å². The van der Waals surface area contributed by atoms with Crippen LogP contribution in [0.4, 0.5) is 0 Å². The van der Waals surface area contributed by atoms with E-state index in [0.29, 0.717) is 0 Å². The molecule has 0 spiro atoms. The monoisotopic (exact) mass is 411 g/mol. The Kier molecular flexibility index (Phi) is 5.60. The van der Waals surface area contributed by atoms with Crippen LogP contribution in [0.3, 0.4) is 0 Å². The molecule has 21 heavy (non-hydrogen) atoms. The maximum absolute atomic E-state index is 2.43. The fraction of sp³-hybridized carbons (Fsp3) is 0.389. The van der Waals surface area contributed by atoms with Crippen molar-refractivity contribution in [3.05, 3.63) is 46.5 Å². The van der Waals surface area contributed by atoms with Crippen LogP contribution < -0.4 is 28.5 Å². The van der Waals surface area contributed by atoms with Crippen LogP contribution in [0.25, 0.3) is 16.3 Å². The summed E-state index contributed by atoms with van der Waals surface area (Å²) < 4.78 is 3.81. The van der Waals surface area contributed by atoms with Crippen molar-refractivity contribution in [2.45, 2.75) is 40.2 Å². The number of hydrogen-bond acceptors (Lipinski definition) is 1. The average Bonchev–Trinajstić information content (AvgIpc) is 2.74. The van der Waals surface area contributed by atoms with Gasteiger partial charge < -0.3 is 24.0 Å². The van der Waals surface area contributed by atoms with Gasteiger partial charge in [-0.05, 0) is 44.2 Å². The molecule has 1 heterocycles. The fourth-order valence-corrected chi connectivity index (χ4v) is 4.41. The molecule has 0 saturated heterocycles. The molecule has 1 aromatic carbocycles. The molecule has 0 amide bonds. The third kappa shape index (κ3) is 3.57. The first-order chi connectivity index (χ1) is 9.67. The summed E-state index contributed by atoms with van der Waals surface area (Å²) in [7, 11) is 0. The van der Waals surface area contributed by atoms with Gasteiger partial charge in [-0.25, -0.2) is 0 Å². The highest BCUT2D eigenvalue weighted by Crippen LogP contribution is 2.30. The number of benzene rings is 1. The van der Waals surface area contributed by atoms with Crippen LogP contribution in [0.2, 0.25) is 0 Å². The molecule has 0 radical (unpaired) electrons. The van der Waals surface area contributed by atoms with Gasteiger partial charge in [-0.2, -0.15) is 4.57 Å². The second-order valence-corrected chi connectivity index (χ2v) is 6.94. The van der Waals surface area contributed by atoms with E-state index in [-0.39, 0.29) is 24.0 Å². The van der Waals surface area contributed by atoms with E-state index in [2.05, 4.69) is 61.8 Å². The average molecular weight is 411 g/mol. The lowest BCUT2D eigenvalue weighted by atomic mass is 9.88. The van der Waals surface area contributed by atoms with E-state index in [1.165, 1.54) is 39.2 Å². The van der Waals surface area contributed by atoms with Crippen LogP contribution in [0.15, 0.2) is 41.5 Å². The molecule has 0 N–H and O–H groups in total. The first-order valence-electron chi connectivity index (χ1n) is 7.46. The minimum atomic E-state index is 0. The van der Waals surface area contributed by atoms with Crippen molar-refractivity contribution in [1.29, 1.82) is 0 Å². The second-order valence-electron chi connectivity index (χ2n) is 5.88. The second kappa shape index (κ2) is 7.05. The Balaban J connectivity index is 0.00000161. The summed E-state index contributed by atoms with van der Waals surface area (Å²) in [4.78, 5) is 0. The molecule has 3 rings (SSSR count). The van der Waals surface area contributed by atoms with E-state index in [9.17, 15) is 0 Å². The lowest BCUT2D eigenvalue weighted by molar-refractivity contribution is -0.665. The van der Waals surface area contributed by atoms with Crippen molar-refractivity contribution in [2.75, 3.05) is 0 Å². The van der Waals surface area contributed by atoms with Crippen molar-refractivity contribution in [3.8, 4) is 0 Å². The number of aromatic nitrogens is 1. The minimum Gasteiger partial charge on any atom is -1.00 e. The number of fused-ring (bicyclic) bond motifs is 1. The molecule has 0 fully saturated rings. The highest BCUT2D eigenvalue weighted by molar-refractivity contribution is 7.18. The Morgan fingerprint density at radius 2 is 2.05 bits per heavy atom. The zero-order valence-electron chi connectivity index (χ0n) is 12.9. The molecule has 1 unspecified atom stereocenters. The molecule has 0 saturated carbocycles. The molecule has 0 bridgehead atoms. The smallest absolute Gasteiger partial charge is 0.263 e. The maximum atomic E-state index is 2.43. The van der Waals surface area contributed by atoms with Crippen LogP contribution in [0.5, 0.6) is 0 Å². The van der Waals surface area contributed by atoms with Crippen molar-refractivity contribution in [3.63, 3.8) is 0 Å². The number of para-hydroxylation sites is 1. The Morgan fingerprint density at radius 3 is 2.76 bits per heavy atom. The summed E-state index contributed by atoms with van der Waals surface area (Å²) in [6.45, 7) is 7.86. The SMILES string of the molecule is CC[n+]1c(/C=C2/C=C(C)CC(C)C2)sc2ccccc21.[I-]. The predicted octanol–water partition coefficient (Wildman–Crippen LogP) is 1.97. The first kappa shape index (κ1) is 16.7. The van der Waals surface area contributed by atoms with Crippen LogP contribution in [-0.2, 0) is 6.54 Å². The molecule has 0 aliphatic heterocycles. The predicted molar refractivity (Wildman–Crippen MR) is 87.8 cm³/mol. The number of rotatable bonds is 2. The number of hydrogen-bond donors (Lipinski definition) is 0. The van der Waals surface area contributed by atoms with Gasteiger partial charge in [0.25, 0.3) is 5.01 Å². The Morgan fingerprint density at radius 1 is 1.29 bits per heavy atom. The Hall–Kier alpha value is -0.680. The summed E-state index contributed by atoms with van der Waals surface area (Å²) in [5.41, 5.74) is 4.35. The van der Waals surface area contributed by atoms with E-state index in [0.717, 1.165) is 12.5 Å². The highest BCUT2D eigenvalue weighted by Gasteiger charge is 2.19. The molecule has 1 aliphatic rings. The van der Waals surface area contributed by atoms with Crippen molar-refractivity contribution >= 4 is 27.6 Å². The summed E-state index contributed by atoms with van der Waals surface area (Å²) in [5, 5.41) is 1.38. The van der Waals surface area contributed by atoms with Gasteiger partial charge in [0.05, 0.1) is 0 Å². The van der Waals surface area contributed by atoms with E-state index < -0.39 is 0 Å². The number of allylic oxidation sites excluding steroid dienone is 3. The summed E-state index contributed by atoms with van der Waals surface area (Å²) in [6, 6.07) is 8.70. The van der Waals surface area contributed by atoms with Gasteiger partial charge in [-0.3, -0.25) is 0 Å². The number of thiazole rings is 1. The van der Waals surface area contributed by atoms with Gasteiger partial charge in [0, 0.05) is 12.1 Å². The van der Waals surface area contributed by atoms with E-state index in [1.54, 1.807) is 0 Å². The zero-order valence-corrected chi connectivity index (χ0v) is 15.9. The van der Waals surface area contributed by atoms with Gasteiger partial charge in [-0.1, -0.05) is 42.0 Å². The van der Waals surface area contributed by atoms with Crippen LogP contribution in [-0.4, -0.2) is 0 Å². The Bertz CT molecular complexity index is 696. The van der Waals surface area contributed by atoms with E-state index >= 15 is 0 Å². The number of halogens is 1.